The number of carboxylic acids is 1. The summed E-state index contributed by atoms with van der Waals surface area (Å²) in [7, 11) is 0. The summed E-state index contributed by atoms with van der Waals surface area (Å²) in [6.45, 7) is 1.98. The van der Waals surface area contributed by atoms with Crippen molar-refractivity contribution < 1.29 is 14.7 Å². The second kappa shape index (κ2) is 6.45. The van der Waals surface area contributed by atoms with Crippen molar-refractivity contribution in [1.82, 2.24) is 5.32 Å². The lowest BCUT2D eigenvalue weighted by molar-refractivity contribution is 0.0696. The number of nitrogens with one attached hydrogen (secondary N) is 1. The topological polar surface area (TPSA) is 66.4 Å². The number of terminal acetylenes is 1. The van der Waals surface area contributed by atoms with Gasteiger partial charge in [-0.2, -0.15) is 0 Å². The fourth-order valence-corrected chi connectivity index (χ4v) is 1.49. The van der Waals surface area contributed by atoms with Crippen LogP contribution in [0.25, 0.3) is 0 Å². The molecule has 1 atom stereocenters. The highest BCUT2D eigenvalue weighted by Crippen LogP contribution is 2.05. The van der Waals surface area contributed by atoms with Gasteiger partial charge in [0.2, 0.25) is 0 Å². The maximum atomic E-state index is 11.8. The molecular formula is C14H15NO3. The molecule has 0 aliphatic heterocycles. The van der Waals surface area contributed by atoms with E-state index >= 15 is 0 Å². The molecule has 0 spiro atoms. The summed E-state index contributed by atoms with van der Waals surface area (Å²) in [5.74, 6) is 1.20. The van der Waals surface area contributed by atoms with Crippen LogP contribution in [0.1, 0.15) is 40.5 Å². The SMILES string of the molecule is C#CC(CCC)NC(=O)c1ccc(C(=O)O)cc1. The Hall–Kier alpha value is -2.28. The van der Waals surface area contributed by atoms with Crippen LogP contribution >= 0.6 is 0 Å². The summed E-state index contributed by atoms with van der Waals surface area (Å²) in [6.07, 6.45) is 6.91. The first-order chi connectivity index (χ1) is 8.58. The number of hydrogen-bond donors (Lipinski definition) is 2. The van der Waals surface area contributed by atoms with Gasteiger partial charge < -0.3 is 10.4 Å². The number of carbonyl (C=O) groups is 2. The van der Waals surface area contributed by atoms with Crippen molar-refractivity contribution in [2.75, 3.05) is 0 Å². The van der Waals surface area contributed by atoms with Crippen LogP contribution in [0.2, 0.25) is 0 Å². The standard InChI is InChI=1S/C14H15NO3/c1-3-5-12(4-2)15-13(16)10-6-8-11(9-7-10)14(17)18/h2,6-9,12H,3,5H2,1H3,(H,15,16)(H,17,18). The minimum atomic E-state index is -1.02. The molecule has 0 aromatic heterocycles. The van der Waals surface area contributed by atoms with E-state index in [1.807, 2.05) is 6.92 Å². The van der Waals surface area contributed by atoms with Gasteiger partial charge in [0, 0.05) is 5.56 Å². The van der Waals surface area contributed by atoms with Gasteiger partial charge in [0.05, 0.1) is 11.6 Å². The zero-order valence-corrected chi connectivity index (χ0v) is 10.1. The largest absolute Gasteiger partial charge is 0.478 e. The fourth-order valence-electron chi connectivity index (χ4n) is 1.49. The van der Waals surface area contributed by atoms with Crippen molar-refractivity contribution in [3.8, 4) is 12.3 Å². The second-order valence-corrected chi connectivity index (χ2v) is 3.86. The molecule has 0 saturated heterocycles. The lowest BCUT2D eigenvalue weighted by Gasteiger charge is -2.11. The third kappa shape index (κ3) is 3.63. The summed E-state index contributed by atoms with van der Waals surface area (Å²) < 4.78 is 0. The molecule has 2 N–H and O–H groups in total. The first kappa shape index (κ1) is 13.8. The van der Waals surface area contributed by atoms with Crippen molar-refractivity contribution in [3.63, 3.8) is 0 Å². The predicted molar refractivity (Wildman–Crippen MR) is 68.4 cm³/mol. The van der Waals surface area contributed by atoms with Gasteiger partial charge in [0.1, 0.15) is 0 Å². The first-order valence-corrected chi connectivity index (χ1v) is 5.68. The minimum absolute atomic E-state index is 0.147. The van der Waals surface area contributed by atoms with Crippen LogP contribution in [0.15, 0.2) is 24.3 Å². The van der Waals surface area contributed by atoms with E-state index in [9.17, 15) is 9.59 Å². The zero-order chi connectivity index (χ0) is 13.5. The molecule has 1 amide bonds. The highest BCUT2D eigenvalue weighted by molar-refractivity contribution is 5.96. The number of aromatic carboxylic acids is 1. The average molecular weight is 245 g/mol. The van der Waals surface area contributed by atoms with Crippen LogP contribution in [0.3, 0.4) is 0 Å². The summed E-state index contributed by atoms with van der Waals surface area (Å²) in [6, 6.07) is 5.43. The van der Waals surface area contributed by atoms with Gasteiger partial charge in [-0.1, -0.05) is 19.3 Å². The molecule has 0 saturated carbocycles. The van der Waals surface area contributed by atoms with E-state index < -0.39 is 5.97 Å². The third-order valence-electron chi connectivity index (χ3n) is 2.48. The lowest BCUT2D eigenvalue weighted by Crippen LogP contribution is -2.33. The maximum Gasteiger partial charge on any atom is 0.335 e. The molecule has 0 radical (unpaired) electrons. The Balaban J connectivity index is 2.73. The molecule has 0 heterocycles. The summed E-state index contributed by atoms with van der Waals surface area (Å²) >= 11 is 0. The molecule has 1 rings (SSSR count). The first-order valence-electron chi connectivity index (χ1n) is 5.68. The summed E-state index contributed by atoms with van der Waals surface area (Å²) in [4.78, 5) is 22.5. The maximum absolute atomic E-state index is 11.8. The number of carbonyl (C=O) groups excluding carboxylic acids is 1. The van der Waals surface area contributed by atoms with Crippen LogP contribution in [0.5, 0.6) is 0 Å². The molecule has 4 nitrogen and oxygen atoms in total. The molecule has 1 aromatic rings. The number of benzene rings is 1. The Labute approximate surface area is 106 Å². The molecule has 0 aliphatic carbocycles. The molecular weight excluding hydrogens is 230 g/mol. The molecule has 0 bridgehead atoms. The quantitative estimate of drug-likeness (QED) is 0.779. The Morgan fingerprint density at radius 2 is 1.89 bits per heavy atom. The normalized spacial score (nSPS) is 11.3. The van der Waals surface area contributed by atoms with E-state index in [1.165, 1.54) is 24.3 Å². The highest BCUT2D eigenvalue weighted by Gasteiger charge is 2.11. The average Bonchev–Trinajstić information content (AvgIpc) is 2.38. The van der Waals surface area contributed by atoms with Gasteiger partial charge in [-0.3, -0.25) is 4.79 Å². The fraction of sp³-hybridized carbons (Fsp3) is 0.286. The lowest BCUT2D eigenvalue weighted by atomic mass is 10.1. The monoisotopic (exact) mass is 245 g/mol. The predicted octanol–water partition coefficient (Wildman–Crippen LogP) is 1.92. The van der Waals surface area contributed by atoms with Crippen molar-refractivity contribution >= 4 is 11.9 Å². The summed E-state index contributed by atoms with van der Waals surface area (Å²) in [5.41, 5.74) is 0.546. The molecule has 4 heteroatoms. The van der Waals surface area contributed by atoms with Crippen molar-refractivity contribution in [2.45, 2.75) is 25.8 Å². The zero-order valence-electron chi connectivity index (χ0n) is 10.1. The van der Waals surface area contributed by atoms with Gasteiger partial charge in [-0.25, -0.2) is 4.79 Å². The Morgan fingerprint density at radius 1 is 1.33 bits per heavy atom. The van der Waals surface area contributed by atoms with Crippen LogP contribution in [-0.4, -0.2) is 23.0 Å². The minimum Gasteiger partial charge on any atom is -0.478 e. The molecule has 1 aromatic carbocycles. The van der Waals surface area contributed by atoms with E-state index in [1.54, 1.807) is 0 Å². The van der Waals surface area contributed by atoms with Crippen molar-refractivity contribution in [1.29, 1.82) is 0 Å². The van der Waals surface area contributed by atoms with Crippen molar-refractivity contribution in [2.24, 2.45) is 0 Å². The molecule has 0 fully saturated rings. The van der Waals surface area contributed by atoms with Gasteiger partial charge in [-0.05, 0) is 30.7 Å². The molecule has 18 heavy (non-hydrogen) atoms. The van der Waals surface area contributed by atoms with Crippen LogP contribution in [0.4, 0.5) is 0 Å². The Kier molecular flexibility index (Phi) is 4.94. The third-order valence-corrected chi connectivity index (χ3v) is 2.48. The van der Waals surface area contributed by atoms with E-state index in [0.717, 1.165) is 12.8 Å². The van der Waals surface area contributed by atoms with E-state index in [-0.39, 0.29) is 17.5 Å². The van der Waals surface area contributed by atoms with E-state index in [4.69, 9.17) is 11.5 Å². The smallest absolute Gasteiger partial charge is 0.335 e. The molecule has 1 unspecified atom stereocenters. The highest BCUT2D eigenvalue weighted by atomic mass is 16.4. The Morgan fingerprint density at radius 3 is 2.33 bits per heavy atom. The number of hydrogen-bond acceptors (Lipinski definition) is 2. The Bertz CT molecular complexity index is 471. The second-order valence-electron chi connectivity index (χ2n) is 3.86. The van der Waals surface area contributed by atoms with E-state index in [0.29, 0.717) is 5.56 Å². The van der Waals surface area contributed by atoms with Crippen LogP contribution in [0, 0.1) is 12.3 Å². The number of carboxylic acid groups (broad SMARTS) is 1. The number of rotatable bonds is 5. The van der Waals surface area contributed by atoms with Crippen molar-refractivity contribution in [3.05, 3.63) is 35.4 Å². The van der Waals surface area contributed by atoms with E-state index in [2.05, 4.69) is 11.2 Å². The number of amides is 1. The molecule has 94 valence electrons. The van der Waals surface area contributed by atoms with Gasteiger partial charge in [0.25, 0.3) is 5.91 Å². The molecule has 0 aliphatic rings. The van der Waals surface area contributed by atoms with Crippen LogP contribution in [-0.2, 0) is 0 Å². The van der Waals surface area contributed by atoms with Gasteiger partial charge >= 0.3 is 5.97 Å². The summed E-state index contributed by atoms with van der Waals surface area (Å²) in [5, 5.41) is 11.5. The van der Waals surface area contributed by atoms with Crippen LogP contribution < -0.4 is 5.32 Å². The van der Waals surface area contributed by atoms with Gasteiger partial charge in [0.15, 0.2) is 0 Å². The van der Waals surface area contributed by atoms with Gasteiger partial charge in [-0.15, -0.1) is 6.42 Å².